The molecule has 6 heteroatoms. The van der Waals surface area contributed by atoms with Gasteiger partial charge in [0, 0.05) is 18.0 Å². The number of carbonyl (C=O) groups is 1. The molecule has 0 N–H and O–H groups in total. The Labute approximate surface area is 158 Å². The molecule has 0 saturated carbocycles. The second-order valence-electron chi connectivity index (χ2n) is 6.82. The van der Waals surface area contributed by atoms with Crippen molar-refractivity contribution in [2.24, 2.45) is 5.92 Å². The fraction of sp³-hybridized carbons (Fsp3) is 0.381. The number of likely N-dealkylation sites (tertiary alicyclic amines) is 1. The van der Waals surface area contributed by atoms with Crippen LogP contribution in [0.5, 0.6) is 0 Å². The van der Waals surface area contributed by atoms with Crippen LogP contribution in [-0.4, -0.2) is 35.0 Å². The summed E-state index contributed by atoms with van der Waals surface area (Å²) in [4.78, 5) is 25.9. The lowest BCUT2D eigenvalue weighted by atomic mass is 9.92. The van der Waals surface area contributed by atoms with Crippen molar-refractivity contribution < 1.29 is 14.5 Å². The quantitative estimate of drug-likeness (QED) is 0.425. The zero-order valence-electron chi connectivity index (χ0n) is 15.4. The van der Waals surface area contributed by atoms with Crippen molar-refractivity contribution in [3.63, 3.8) is 0 Å². The van der Waals surface area contributed by atoms with Gasteiger partial charge in [-0.1, -0.05) is 60.7 Å². The molecular formula is C21H24N2O4. The first-order chi connectivity index (χ1) is 13.1. The van der Waals surface area contributed by atoms with E-state index in [-0.39, 0.29) is 35.9 Å². The maximum Gasteiger partial charge on any atom is 0.306 e. The average Bonchev–Trinajstić information content (AvgIpc) is 3.01. The van der Waals surface area contributed by atoms with Crippen molar-refractivity contribution >= 4 is 5.97 Å². The Kier molecular flexibility index (Phi) is 6.19. The predicted octanol–water partition coefficient (Wildman–Crippen LogP) is 3.46. The lowest BCUT2D eigenvalue weighted by molar-refractivity contribution is -0.533. The fourth-order valence-corrected chi connectivity index (χ4v) is 3.94. The SMILES string of the molecule is CCOC(=O)C[C@@H]1CN(Cc2ccccc2)[C@@H](c2ccccc2)[C@@H]1[N+](=O)[O-]. The molecule has 27 heavy (non-hydrogen) atoms. The van der Waals surface area contributed by atoms with Gasteiger partial charge in [-0.3, -0.25) is 19.8 Å². The van der Waals surface area contributed by atoms with E-state index >= 15 is 0 Å². The van der Waals surface area contributed by atoms with Gasteiger partial charge in [0.05, 0.1) is 18.9 Å². The Morgan fingerprint density at radius 1 is 1.15 bits per heavy atom. The first-order valence-corrected chi connectivity index (χ1v) is 9.22. The smallest absolute Gasteiger partial charge is 0.306 e. The van der Waals surface area contributed by atoms with Gasteiger partial charge in [0.15, 0.2) is 0 Å². The van der Waals surface area contributed by atoms with Crippen LogP contribution >= 0.6 is 0 Å². The van der Waals surface area contributed by atoms with Gasteiger partial charge in [-0.15, -0.1) is 0 Å². The highest BCUT2D eigenvalue weighted by Crippen LogP contribution is 2.40. The number of esters is 1. The Hall–Kier alpha value is -2.73. The third kappa shape index (κ3) is 4.52. The number of rotatable bonds is 7. The molecule has 0 aliphatic carbocycles. The minimum absolute atomic E-state index is 0.0636. The molecule has 0 spiro atoms. The molecular weight excluding hydrogens is 344 g/mol. The van der Waals surface area contributed by atoms with Gasteiger partial charge in [-0.2, -0.15) is 0 Å². The molecule has 1 heterocycles. The molecule has 1 fully saturated rings. The Balaban J connectivity index is 1.91. The van der Waals surface area contributed by atoms with Crippen LogP contribution in [0, 0.1) is 16.0 Å². The number of nitrogens with zero attached hydrogens (tertiary/aromatic N) is 2. The first kappa shape index (κ1) is 19.0. The topological polar surface area (TPSA) is 72.7 Å². The zero-order chi connectivity index (χ0) is 19.2. The summed E-state index contributed by atoms with van der Waals surface area (Å²) in [6, 6.07) is 18.2. The number of carbonyl (C=O) groups excluding carboxylic acids is 1. The van der Waals surface area contributed by atoms with Crippen LogP contribution in [0.4, 0.5) is 0 Å². The Morgan fingerprint density at radius 3 is 2.37 bits per heavy atom. The van der Waals surface area contributed by atoms with Gasteiger partial charge in [0.2, 0.25) is 6.04 Å². The summed E-state index contributed by atoms with van der Waals surface area (Å²) < 4.78 is 5.05. The minimum Gasteiger partial charge on any atom is -0.466 e. The van der Waals surface area contributed by atoms with Crippen LogP contribution < -0.4 is 0 Å². The molecule has 0 aromatic heterocycles. The van der Waals surface area contributed by atoms with Crippen molar-refractivity contribution in [1.29, 1.82) is 0 Å². The van der Waals surface area contributed by atoms with Gasteiger partial charge in [0.1, 0.15) is 6.04 Å². The molecule has 0 radical (unpaired) electrons. The molecule has 3 rings (SSSR count). The van der Waals surface area contributed by atoms with E-state index in [1.807, 2.05) is 60.7 Å². The third-order valence-electron chi connectivity index (χ3n) is 5.02. The maximum atomic E-state index is 12.0. The Bertz CT molecular complexity index is 766. The van der Waals surface area contributed by atoms with E-state index in [0.29, 0.717) is 13.1 Å². The lowest BCUT2D eigenvalue weighted by Crippen LogP contribution is -2.33. The van der Waals surface area contributed by atoms with Gasteiger partial charge in [-0.05, 0) is 18.1 Å². The zero-order valence-corrected chi connectivity index (χ0v) is 15.4. The first-order valence-electron chi connectivity index (χ1n) is 9.22. The molecule has 0 bridgehead atoms. The number of ether oxygens (including phenoxy) is 1. The van der Waals surface area contributed by atoms with E-state index in [4.69, 9.17) is 4.74 Å². The van der Waals surface area contributed by atoms with Gasteiger partial charge >= 0.3 is 5.97 Å². The standard InChI is InChI=1S/C21H24N2O4/c1-2-27-19(24)13-18-15-22(14-16-9-5-3-6-10-16)20(21(18)23(25)26)17-11-7-4-8-12-17/h3-12,18,20-21H,2,13-15H2,1H3/t18-,20+,21-/m1/s1. The molecule has 142 valence electrons. The average molecular weight is 368 g/mol. The summed E-state index contributed by atoms with van der Waals surface area (Å²) >= 11 is 0. The summed E-state index contributed by atoms with van der Waals surface area (Å²) in [6.07, 6.45) is 0.0636. The van der Waals surface area contributed by atoms with Crippen LogP contribution in [0.2, 0.25) is 0 Å². The molecule has 1 aliphatic rings. The van der Waals surface area contributed by atoms with Crippen molar-refractivity contribution in [2.75, 3.05) is 13.2 Å². The van der Waals surface area contributed by atoms with Crippen LogP contribution in [-0.2, 0) is 16.1 Å². The monoisotopic (exact) mass is 368 g/mol. The molecule has 0 unspecified atom stereocenters. The largest absolute Gasteiger partial charge is 0.466 e. The predicted molar refractivity (Wildman–Crippen MR) is 102 cm³/mol. The fourth-order valence-electron chi connectivity index (χ4n) is 3.94. The highest BCUT2D eigenvalue weighted by Gasteiger charge is 2.50. The highest BCUT2D eigenvalue weighted by atomic mass is 16.6. The summed E-state index contributed by atoms with van der Waals surface area (Å²) in [5, 5.41) is 12.0. The van der Waals surface area contributed by atoms with Crippen molar-refractivity contribution in [3.8, 4) is 0 Å². The van der Waals surface area contributed by atoms with E-state index in [1.165, 1.54) is 0 Å². The number of benzene rings is 2. The second kappa shape index (κ2) is 8.77. The molecule has 0 amide bonds. The molecule has 1 aliphatic heterocycles. The normalized spacial score (nSPS) is 22.5. The number of hydrogen-bond acceptors (Lipinski definition) is 5. The molecule has 3 atom stereocenters. The summed E-state index contributed by atoms with van der Waals surface area (Å²) in [5.41, 5.74) is 2.00. The Morgan fingerprint density at radius 2 is 1.78 bits per heavy atom. The van der Waals surface area contributed by atoms with Crippen LogP contribution in [0.25, 0.3) is 0 Å². The van der Waals surface area contributed by atoms with Gasteiger partial charge in [-0.25, -0.2) is 0 Å². The molecule has 6 nitrogen and oxygen atoms in total. The molecule has 2 aromatic rings. The highest BCUT2D eigenvalue weighted by molar-refractivity contribution is 5.69. The van der Waals surface area contributed by atoms with E-state index in [2.05, 4.69) is 4.90 Å². The minimum atomic E-state index is -0.847. The van der Waals surface area contributed by atoms with Gasteiger partial charge < -0.3 is 4.74 Å². The lowest BCUT2D eigenvalue weighted by Gasteiger charge is -2.25. The van der Waals surface area contributed by atoms with Crippen LogP contribution in [0.1, 0.15) is 30.5 Å². The van der Waals surface area contributed by atoms with E-state index in [1.54, 1.807) is 6.92 Å². The second-order valence-corrected chi connectivity index (χ2v) is 6.82. The third-order valence-corrected chi connectivity index (χ3v) is 5.02. The van der Waals surface area contributed by atoms with E-state index in [9.17, 15) is 14.9 Å². The maximum absolute atomic E-state index is 12.0. The molecule has 2 aromatic carbocycles. The summed E-state index contributed by atoms with van der Waals surface area (Å²) in [5.74, 6) is -0.754. The van der Waals surface area contributed by atoms with Crippen molar-refractivity contribution in [1.82, 2.24) is 4.90 Å². The summed E-state index contributed by atoms with van der Waals surface area (Å²) in [6.45, 7) is 3.11. The molecule has 1 saturated heterocycles. The van der Waals surface area contributed by atoms with Crippen molar-refractivity contribution in [2.45, 2.75) is 32.0 Å². The number of hydrogen-bond donors (Lipinski definition) is 0. The van der Waals surface area contributed by atoms with Crippen LogP contribution in [0.3, 0.4) is 0 Å². The number of nitro groups is 1. The van der Waals surface area contributed by atoms with E-state index in [0.717, 1.165) is 11.1 Å². The van der Waals surface area contributed by atoms with Crippen molar-refractivity contribution in [3.05, 3.63) is 81.9 Å². The summed E-state index contributed by atoms with van der Waals surface area (Å²) in [7, 11) is 0. The van der Waals surface area contributed by atoms with Gasteiger partial charge in [0.25, 0.3) is 0 Å². The van der Waals surface area contributed by atoms with Crippen LogP contribution in [0.15, 0.2) is 60.7 Å². The van der Waals surface area contributed by atoms with E-state index < -0.39 is 6.04 Å².